The topological polar surface area (TPSA) is 39.1 Å². The van der Waals surface area contributed by atoms with Gasteiger partial charge in [-0.2, -0.15) is 0 Å². The van der Waals surface area contributed by atoms with Gasteiger partial charge < -0.3 is 4.57 Å². The predicted octanol–water partition coefficient (Wildman–Crippen LogP) is 1.83. The molecule has 0 radical (unpaired) electrons. The highest BCUT2D eigenvalue weighted by Gasteiger charge is 2.12. The highest BCUT2D eigenvalue weighted by Crippen LogP contribution is 2.14. The molecule has 0 atom stereocenters. The van der Waals surface area contributed by atoms with Crippen molar-refractivity contribution in [1.82, 2.24) is 4.57 Å². The molecule has 0 unspecified atom stereocenters. The number of aldehydes is 1. The van der Waals surface area contributed by atoms with Gasteiger partial charge in [0.1, 0.15) is 0 Å². The van der Waals surface area contributed by atoms with E-state index in [1.807, 2.05) is 18.4 Å². The van der Waals surface area contributed by atoms with Crippen molar-refractivity contribution in [1.29, 1.82) is 0 Å². The second kappa shape index (κ2) is 3.56. The number of rotatable bonds is 3. The van der Waals surface area contributed by atoms with Gasteiger partial charge in [0.2, 0.25) is 0 Å². The quantitative estimate of drug-likeness (QED) is 0.524. The van der Waals surface area contributed by atoms with Crippen LogP contribution in [0.5, 0.6) is 0 Å². The lowest BCUT2D eigenvalue weighted by atomic mass is 10.2. The minimum absolute atomic E-state index is 0.00722. The maximum Gasteiger partial charge on any atom is 0.166 e. The summed E-state index contributed by atoms with van der Waals surface area (Å²) in [7, 11) is 0. The Hall–Kier alpha value is -1.38. The Labute approximate surface area is 77.4 Å². The van der Waals surface area contributed by atoms with Gasteiger partial charge in [0, 0.05) is 17.8 Å². The Morgan fingerprint density at radius 3 is 2.54 bits per heavy atom. The molecule has 0 amide bonds. The van der Waals surface area contributed by atoms with Gasteiger partial charge in [0.05, 0.1) is 5.69 Å². The monoisotopic (exact) mass is 179 g/mol. The summed E-state index contributed by atoms with van der Waals surface area (Å²) < 4.78 is 1.84. The van der Waals surface area contributed by atoms with Crippen molar-refractivity contribution in [2.24, 2.45) is 0 Å². The summed E-state index contributed by atoms with van der Waals surface area (Å²) >= 11 is 0. The summed E-state index contributed by atoms with van der Waals surface area (Å²) in [6, 6.07) is 1.65. The van der Waals surface area contributed by atoms with Crippen molar-refractivity contribution in [3.05, 3.63) is 23.0 Å². The lowest BCUT2D eigenvalue weighted by Gasteiger charge is -2.03. The van der Waals surface area contributed by atoms with Gasteiger partial charge >= 0.3 is 0 Å². The average molecular weight is 179 g/mol. The number of carbonyl (C=O) groups is 2. The third-order valence-electron chi connectivity index (χ3n) is 2.21. The Balaban J connectivity index is 3.34. The highest BCUT2D eigenvalue weighted by atomic mass is 16.1. The lowest BCUT2D eigenvalue weighted by molar-refractivity contribution is 0.101. The minimum Gasteiger partial charge on any atom is -0.342 e. The number of hydrogen-bond donors (Lipinski definition) is 0. The van der Waals surface area contributed by atoms with E-state index >= 15 is 0 Å². The third-order valence-corrected chi connectivity index (χ3v) is 2.21. The molecule has 0 spiro atoms. The summed E-state index contributed by atoms with van der Waals surface area (Å²) in [5.74, 6) is 0.00722. The lowest BCUT2D eigenvalue weighted by Crippen LogP contribution is -2.02. The van der Waals surface area contributed by atoms with Gasteiger partial charge in [-0.15, -0.1) is 0 Å². The SMILES string of the molecule is CCn1c(C=O)cc(C(C)=O)c1C. The first kappa shape index (κ1) is 9.71. The van der Waals surface area contributed by atoms with E-state index in [2.05, 4.69) is 0 Å². The van der Waals surface area contributed by atoms with Crippen molar-refractivity contribution in [3.63, 3.8) is 0 Å². The van der Waals surface area contributed by atoms with Crippen molar-refractivity contribution >= 4 is 12.1 Å². The number of carbonyl (C=O) groups excluding carboxylic acids is 2. The van der Waals surface area contributed by atoms with Crippen LogP contribution in [0.2, 0.25) is 0 Å². The number of hydrogen-bond acceptors (Lipinski definition) is 2. The van der Waals surface area contributed by atoms with Gasteiger partial charge in [-0.25, -0.2) is 0 Å². The normalized spacial score (nSPS) is 10.1. The van der Waals surface area contributed by atoms with Crippen LogP contribution in [0.4, 0.5) is 0 Å². The van der Waals surface area contributed by atoms with E-state index in [4.69, 9.17) is 0 Å². The van der Waals surface area contributed by atoms with E-state index in [1.54, 1.807) is 6.07 Å². The fourth-order valence-electron chi connectivity index (χ4n) is 1.54. The molecule has 1 heterocycles. The van der Waals surface area contributed by atoms with E-state index in [0.717, 1.165) is 12.0 Å². The molecule has 3 nitrogen and oxygen atoms in total. The van der Waals surface area contributed by atoms with Gasteiger partial charge in [0.25, 0.3) is 0 Å². The number of Topliss-reactive ketones (excluding diaryl/α,β-unsaturated/α-hetero) is 1. The van der Waals surface area contributed by atoms with Crippen molar-refractivity contribution < 1.29 is 9.59 Å². The van der Waals surface area contributed by atoms with Crippen LogP contribution < -0.4 is 0 Å². The van der Waals surface area contributed by atoms with Crippen LogP contribution in [0.15, 0.2) is 6.07 Å². The average Bonchev–Trinajstić information content (AvgIpc) is 2.41. The second-order valence-corrected chi connectivity index (χ2v) is 2.99. The third kappa shape index (κ3) is 1.54. The van der Waals surface area contributed by atoms with Gasteiger partial charge in [-0.3, -0.25) is 9.59 Å². The molecule has 0 N–H and O–H groups in total. The molecule has 0 saturated carbocycles. The molecule has 1 rings (SSSR count). The van der Waals surface area contributed by atoms with E-state index in [1.165, 1.54) is 6.92 Å². The largest absolute Gasteiger partial charge is 0.342 e. The molecule has 0 fully saturated rings. The van der Waals surface area contributed by atoms with Crippen LogP contribution in [-0.2, 0) is 6.54 Å². The van der Waals surface area contributed by atoms with E-state index < -0.39 is 0 Å². The Morgan fingerprint density at radius 1 is 1.62 bits per heavy atom. The molecular weight excluding hydrogens is 166 g/mol. The summed E-state index contributed by atoms with van der Waals surface area (Å²) in [6.07, 6.45) is 0.781. The smallest absolute Gasteiger partial charge is 0.166 e. The van der Waals surface area contributed by atoms with E-state index in [9.17, 15) is 9.59 Å². The number of aromatic nitrogens is 1. The van der Waals surface area contributed by atoms with Gasteiger partial charge in [-0.1, -0.05) is 0 Å². The van der Waals surface area contributed by atoms with Crippen LogP contribution in [0.25, 0.3) is 0 Å². The van der Waals surface area contributed by atoms with Crippen molar-refractivity contribution in [2.45, 2.75) is 27.3 Å². The van der Waals surface area contributed by atoms with Crippen LogP contribution >= 0.6 is 0 Å². The van der Waals surface area contributed by atoms with Gasteiger partial charge in [-0.05, 0) is 26.8 Å². The minimum atomic E-state index is 0.00722. The Morgan fingerprint density at radius 2 is 2.23 bits per heavy atom. The Kier molecular flexibility index (Phi) is 2.66. The first-order chi connectivity index (χ1) is 6.11. The molecule has 0 aromatic carbocycles. The van der Waals surface area contributed by atoms with E-state index in [0.29, 0.717) is 17.8 Å². The highest BCUT2D eigenvalue weighted by molar-refractivity contribution is 5.97. The number of ketones is 1. The standard InChI is InChI=1S/C10H13NO2/c1-4-11-7(2)10(8(3)13)5-9(11)6-12/h5-6H,4H2,1-3H3. The maximum absolute atomic E-state index is 11.1. The molecule has 13 heavy (non-hydrogen) atoms. The number of nitrogens with zero attached hydrogens (tertiary/aromatic N) is 1. The van der Waals surface area contributed by atoms with Crippen LogP contribution in [-0.4, -0.2) is 16.6 Å². The summed E-state index contributed by atoms with van der Waals surface area (Å²) in [6.45, 7) is 6.03. The summed E-state index contributed by atoms with van der Waals surface area (Å²) in [5.41, 5.74) is 2.09. The molecule has 1 aromatic heterocycles. The molecule has 0 aliphatic carbocycles. The van der Waals surface area contributed by atoms with Crippen molar-refractivity contribution in [3.8, 4) is 0 Å². The zero-order chi connectivity index (χ0) is 10.0. The predicted molar refractivity (Wildman–Crippen MR) is 50.2 cm³/mol. The Bertz CT molecular complexity index is 350. The molecule has 3 heteroatoms. The first-order valence-corrected chi connectivity index (χ1v) is 4.28. The molecule has 1 aromatic rings. The van der Waals surface area contributed by atoms with Gasteiger partial charge in [0.15, 0.2) is 12.1 Å². The molecule has 0 aliphatic rings. The van der Waals surface area contributed by atoms with E-state index in [-0.39, 0.29) is 5.78 Å². The fourth-order valence-corrected chi connectivity index (χ4v) is 1.54. The second-order valence-electron chi connectivity index (χ2n) is 2.99. The molecule has 70 valence electrons. The maximum atomic E-state index is 11.1. The molecule has 0 bridgehead atoms. The van der Waals surface area contributed by atoms with Crippen LogP contribution in [0.3, 0.4) is 0 Å². The molecule has 0 aliphatic heterocycles. The fraction of sp³-hybridized carbons (Fsp3) is 0.400. The zero-order valence-corrected chi connectivity index (χ0v) is 8.13. The zero-order valence-electron chi connectivity index (χ0n) is 8.13. The van der Waals surface area contributed by atoms with Crippen LogP contribution in [0.1, 0.15) is 40.4 Å². The first-order valence-electron chi connectivity index (χ1n) is 4.28. The summed E-state index contributed by atoms with van der Waals surface area (Å²) in [4.78, 5) is 21.8. The summed E-state index contributed by atoms with van der Waals surface area (Å²) in [5, 5.41) is 0. The van der Waals surface area contributed by atoms with Crippen molar-refractivity contribution in [2.75, 3.05) is 0 Å². The molecular formula is C10H13NO2. The van der Waals surface area contributed by atoms with Crippen LogP contribution in [0, 0.1) is 6.92 Å². The molecule has 0 saturated heterocycles.